The lowest BCUT2D eigenvalue weighted by molar-refractivity contribution is 0.303. The number of anilines is 1. The normalized spacial score (nSPS) is 11.9. The molecule has 140 valence electrons. The van der Waals surface area contributed by atoms with Crippen LogP contribution in [0.1, 0.15) is 25.8 Å². The summed E-state index contributed by atoms with van der Waals surface area (Å²) in [4.78, 5) is 7.29. The predicted molar refractivity (Wildman–Crippen MR) is 115 cm³/mol. The summed E-state index contributed by atoms with van der Waals surface area (Å²) in [5.74, 6) is 0.988. The van der Waals surface area contributed by atoms with Crippen LogP contribution in [-0.2, 0) is 0 Å². The second-order valence-corrected chi connectivity index (χ2v) is 7.04. The molecule has 0 radical (unpaired) electrons. The van der Waals surface area contributed by atoms with Gasteiger partial charge in [0, 0.05) is 28.1 Å². The van der Waals surface area contributed by atoms with Crippen molar-refractivity contribution in [3.8, 4) is 0 Å². The summed E-state index contributed by atoms with van der Waals surface area (Å²) in [5.41, 5.74) is 3.31. The summed E-state index contributed by atoms with van der Waals surface area (Å²) in [5, 5.41) is 15.8. The average molecular weight is 361 g/mol. The molecule has 0 unspecified atom stereocenters. The average Bonchev–Trinajstić information content (AvgIpc) is 3.08. The van der Waals surface area contributed by atoms with E-state index in [4.69, 9.17) is 4.98 Å². The van der Waals surface area contributed by atoms with E-state index in [1.807, 2.05) is 12.3 Å². The third-order valence-corrected chi connectivity index (χ3v) is 5.51. The van der Waals surface area contributed by atoms with Gasteiger partial charge >= 0.3 is 0 Å². The number of nitrogens with zero attached hydrogens (tertiary/aromatic N) is 3. The zero-order valence-electron chi connectivity index (χ0n) is 16.3. The van der Waals surface area contributed by atoms with Crippen LogP contribution in [0, 0.1) is 6.92 Å². The predicted octanol–water partition coefficient (Wildman–Crippen LogP) is 4.72. The van der Waals surface area contributed by atoms with Crippen LogP contribution < -0.4 is 5.32 Å². The van der Waals surface area contributed by atoms with E-state index in [0.29, 0.717) is 0 Å². The highest BCUT2D eigenvalue weighted by atomic mass is 15.2. The van der Waals surface area contributed by atoms with Crippen LogP contribution >= 0.6 is 0 Å². The quantitative estimate of drug-likeness (QED) is 0.468. The fourth-order valence-corrected chi connectivity index (χ4v) is 3.88. The molecule has 4 rings (SSSR count). The zero-order chi connectivity index (χ0) is 18.8. The van der Waals surface area contributed by atoms with E-state index in [1.54, 1.807) is 0 Å². The first-order chi connectivity index (χ1) is 13.2. The lowest BCUT2D eigenvalue weighted by Crippen LogP contribution is -2.25. The molecule has 0 saturated heterocycles. The van der Waals surface area contributed by atoms with Gasteiger partial charge in [-0.2, -0.15) is 5.10 Å². The molecular formula is C22H27N5. The number of nitrogens with one attached hydrogen (secondary N) is 2. The molecule has 0 fully saturated rings. The molecule has 4 aromatic rings. The lowest BCUT2D eigenvalue weighted by Gasteiger charge is -2.18. The van der Waals surface area contributed by atoms with Crippen molar-refractivity contribution in [1.29, 1.82) is 0 Å². The Hall–Kier alpha value is -2.66. The van der Waals surface area contributed by atoms with Crippen molar-refractivity contribution >= 4 is 38.4 Å². The van der Waals surface area contributed by atoms with Crippen molar-refractivity contribution in [3.63, 3.8) is 0 Å². The molecule has 5 heteroatoms. The highest BCUT2D eigenvalue weighted by Crippen LogP contribution is 2.34. The molecule has 0 aliphatic heterocycles. The van der Waals surface area contributed by atoms with Crippen molar-refractivity contribution in [1.82, 2.24) is 20.1 Å². The molecule has 2 aromatic heterocycles. The Labute approximate surface area is 159 Å². The largest absolute Gasteiger partial charge is 0.370 e. The number of fused-ring (bicyclic) bond motifs is 4. The monoisotopic (exact) mass is 361 g/mol. The molecule has 2 heterocycles. The van der Waals surface area contributed by atoms with Crippen molar-refractivity contribution in [3.05, 3.63) is 42.1 Å². The van der Waals surface area contributed by atoms with Gasteiger partial charge in [-0.1, -0.05) is 32.0 Å². The van der Waals surface area contributed by atoms with Crippen LogP contribution in [0.5, 0.6) is 0 Å². The minimum Gasteiger partial charge on any atom is -0.370 e. The first-order valence-corrected chi connectivity index (χ1v) is 9.84. The Morgan fingerprint density at radius 3 is 2.67 bits per heavy atom. The third-order valence-electron chi connectivity index (χ3n) is 5.51. The molecular weight excluding hydrogens is 334 g/mol. The van der Waals surface area contributed by atoms with E-state index in [1.165, 1.54) is 21.7 Å². The molecule has 0 spiro atoms. The van der Waals surface area contributed by atoms with Gasteiger partial charge in [0.1, 0.15) is 5.82 Å². The fraction of sp³-hybridized carbons (Fsp3) is 0.364. The van der Waals surface area contributed by atoms with Crippen LogP contribution in [0.3, 0.4) is 0 Å². The van der Waals surface area contributed by atoms with Gasteiger partial charge in [0.15, 0.2) is 0 Å². The van der Waals surface area contributed by atoms with Gasteiger partial charge in [0.25, 0.3) is 0 Å². The van der Waals surface area contributed by atoms with Gasteiger partial charge < -0.3 is 10.2 Å². The minimum atomic E-state index is 0.922. The van der Waals surface area contributed by atoms with E-state index in [0.717, 1.165) is 54.8 Å². The van der Waals surface area contributed by atoms with Crippen molar-refractivity contribution < 1.29 is 0 Å². The third kappa shape index (κ3) is 3.23. The number of aromatic amines is 1. The van der Waals surface area contributed by atoms with Gasteiger partial charge in [-0.25, -0.2) is 4.98 Å². The van der Waals surface area contributed by atoms with E-state index in [-0.39, 0.29) is 0 Å². The minimum absolute atomic E-state index is 0.922. The Morgan fingerprint density at radius 1 is 1.04 bits per heavy atom. The standard InChI is InChI=1S/C22H27N5/c1-4-27(5-2)12-8-11-23-22-18-13-17-16-9-6-7-10-20(16)25-21(17)15(3)19(18)14-24-26-22/h6-7,9-10,13-14,23,26H,4-5,8,11-12H2,1-3H3. The molecule has 0 atom stereocenters. The van der Waals surface area contributed by atoms with Crippen molar-refractivity contribution in [2.45, 2.75) is 27.2 Å². The maximum Gasteiger partial charge on any atom is 0.127 e. The maximum atomic E-state index is 4.84. The second-order valence-electron chi connectivity index (χ2n) is 7.04. The van der Waals surface area contributed by atoms with Crippen LogP contribution in [0.25, 0.3) is 32.6 Å². The van der Waals surface area contributed by atoms with Gasteiger partial charge in [0.2, 0.25) is 0 Å². The molecule has 27 heavy (non-hydrogen) atoms. The van der Waals surface area contributed by atoms with Gasteiger partial charge in [-0.3, -0.25) is 5.10 Å². The number of para-hydroxylation sites is 1. The number of rotatable bonds is 7. The molecule has 0 saturated carbocycles. The summed E-state index contributed by atoms with van der Waals surface area (Å²) >= 11 is 0. The van der Waals surface area contributed by atoms with E-state index >= 15 is 0 Å². The second kappa shape index (κ2) is 7.53. The molecule has 2 N–H and O–H groups in total. The first-order valence-electron chi connectivity index (χ1n) is 9.84. The Bertz CT molecular complexity index is 1080. The highest BCUT2D eigenvalue weighted by Gasteiger charge is 2.13. The molecule has 2 aromatic carbocycles. The summed E-state index contributed by atoms with van der Waals surface area (Å²) in [7, 11) is 0. The number of hydrogen-bond acceptors (Lipinski definition) is 4. The Kier molecular flexibility index (Phi) is 4.94. The molecule has 0 amide bonds. The SMILES string of the molecule is CCN(CC)CCCNc1[nH]ncc2c(C)c3nc4ccccc4c3cc12. The molecule has 0 aliphatic carbocycles. The number of aromatic nitrogens is 3. The smallest absolute Gasteiger partial charge is 0.127 e. The van der Waals surface area contributed by atoms with Crippen LogP contribution in [0.15, 0.2) is 36.5 Å². The van der Waals surface area contributed by atoms with Crippen LogP contribution in [-0.4, -0.2) is 46.3 Å². The zero-order valence-corrected chi connectivity index (χ0v) is 16.3. The van der Waals surface area contributed by atoms with Gasteiger partial charge in [0.05, 0.1) is 17.2 Å². The first kappa shape index (κ1) is 17.7. The van der Waals surface area contributed by atoms with Gasteiger partial charge in [-0.05, 0) is 50.7 Å². The number of benzene rings is 2. The van der Waals surface area contributed by atoms with Crippen molar-refractivity contribution in [2.75, 3.05) is 31.5 Å². The maximum absolute atomic E-state index is 4.84. The van der Waals surface area contributed by atoms with Crippen molar-refractivity contribution in [2.24, 2.45) is 0 Å². The Morgan fingerprint density at radius 2 is 1.85 bits per heavy atom. The summed E-state index contributed by atoms with van der Waals surface area (Å²) < 4.78 is 0. The van der Waals surface area contributed by atoms with Crippen LogP contribution in [0.4, 0.5) is 5.82 Å². The summed E-state index contributed by atoms with van der Waals surface area (Å²) in [6, 6.07) is 10.6. The van der Waals surface area contributed by atoms with E-state index in [9.17, 15) is 0 Å². The highest BCUT2D eigenvalue weighted by molar-refractivity contribution is 6.15. The lowest BCUT2D eigenvalue weighted by atomic mass is 10.0. The molecule has 0 bridgehead atoms. The fourth-order valence-electron chi connectivity index (χ4n) is 3.88. The van der Waals surface area contributed by atoms with E-state index in [2.05, 4.69) is 65.5 Å². The Balaban J connectivity index is 1.69. The summed E-state index contributed by atoms with van der Waals surface area (Å²) in [6.45, 7) is 10.8. The van der Waals surface area contributed by atoms with E-state index < -0.39 is 0 Å². The number of aryl methyl sites for hydroxylation is 1. The van der Waals surface area contributed by atoms with Crippen LogP contribution in [0.2, 0.25) is 0 Å². The topological polar surface area (TPSA) is 56.8 Å². The molecule has 5 nitrogen and oxygen atoms in total. The van der Waals surface area contributed by atoms with Gasteiger partial charge in [-0.15, -0.1) is 0 Å². The molecule has 0 aliphatic rings. The number of hydrogen-bond donors (Lipinski definition) is 2. The summed E-state index contributed by atoms with van der Waals surface area (Å²) in [6.07, 6.45) is 3.01. The number of H-pyrrole nitrogens is 1.